The van der Waals surface area contributed by atoms with E-state index in [4.69, 9.17) is 4.74 Å². The molecule has 0 radical (unpaired) electrons. The highest BCUT2D eigenvalue weighted by atomic mass is 32.2. The van der Waals surface area contributed by atoms with Gasteiger partial charge < -0.3 is 10.1 Å². The van der Waals surface area contributed by atoms with E-state index in [-0.39, 0.29) is 0 Å². The van der Waals surface area contributed by atoms with Crippen molar-refractivity contribution >= 4 is 11.8 Å². The zero-order valence-electron chi connectivity index (χ0n) is 11.5. The highest BCUT2D eigenvalue weighted by Crippen LogP contribution is 2.21. The molecule has 0 aromatic rings. The molecule has 2 nitrogen and oxygen atoms in total. The number of ether oxygens (including phenoxy) is 1. The Kier molecular flexibility index (Phi) is 9.21. The SMILES string of the molecule is CCCNC(CSCCC)CC1CCOCC1. The van der Waals surface area contributed by atoms with Crippen molar-refractivity contribution in [3.05, 3.63) is 0 Å². The first-order valence-corrected chi connectivity index (χ1v) is 8.41. The van der Waals surface area contributed by atoms with Gasteiger partial charge in [-0.15, -0.1) is 0 Å². The van der Waals surface area contributed by atoms with E-state index in [0.29, 0.717) is 0 Å². The molecule has 1 aliphatic heterocycles. The lowest BCUT2D eigenvalue weighted by Gasteiger charge is -2.27. The third kappa shape index (κ3) is 7.32. The van der Waals surface area contributed by atoms with E-state index in [1.54, 1.807) is 0 Å². The monoisotopic (exact) mass is 259 g/mol. The smallest absolute Gasteiger partial charge is 0.0468 e. The van der Waals surface area contributed by atoms with Crippen LogP contribution in [0.15, 0.2) is 0 Å². The molecule has 1 saturated heterocycles. The van der Waals surface area contributed by atoms with Crippen LogP contribution < -0.4 is 5.32 Å². The van der Waals surface area contributed by atoms with Gasteiger partial charge in [0.15, 0.2) is 0 Å². The van der Waals surface area contributed by atoms with Crippen LogP contribution in [0.3, 0.4) is 0 Å². The molecule has 0 aromatic carbocycles. The van der Waals surface area contributed by atoms with E-state index in [1.807, 2.05) is 0 Å². The number of hydrogen-bond donors (Lipinski definition) is 1. The van der Waals surface area contributed by atoms with Gasteiger partial charge in [-0.05, 0) is 50.3 Å². The van der Waals surface area contributed by atoms with E-state index in [1.165, 1.54) is 50.2 Å². The average Bonchev–Trinajstić information content (AvgIpc) is 2.37. The standard InChI is InChI=1S/C14H29NOS/c1-3-7-15-14(12-17-10-4-2)11-13-5-8-16-9-6-13/h13-15H,3-12H2,1-2H3. The van der Waals surface area contributed by atoms with Crippen molar-refractivity contribution in [2.75, 3.05) is 31.3 Å². The first-order valence-electron chi connectivity index (χ1n) is 7.25. The van der Waals surface area contributed by atoms with Crippen molar-refractivity contribution in [2.45, 2.75) is 52.0 Å². The van der Waals surface area contributed by atoms with Crippen LogP contribution in [0.25, 0.3) is 0 Å². The normalized spacial score (nSPS) is 19.4. The maximum atomic E-state index is 5.44. The second-order valence-electron chi connectivity index (χ2n) is 5.02. The lowest BCUT2D eigenvalue weighted by Crippen LogP contribution is -2.35. The van der Waals surface area contributed by atoms with Crippen LogP contribution in [0.5, 0.6) is 0 Å². The fourth-order valence-electron chi connectivity index (χ4n) is 2.31. The van der Waals surface area contributed by atoms with E-state index >= 15 is 0 Å². The summed E-state index contributed by atoms with van der Waals surface area (Å²) in [5.41, 5.74) is 0. The molecule has 1 aliphatic rings. The molecule has 1 heterocycles. The Labute approximate surface area is 111 Å². The average molecular weight is 259 g/mol. The zero-order valence-corrected chi connectivity index (χ0v) is 12.4. The van der Waals surface area contributed by atoms with Crippen LogP contribution in [-0.4, -0.2) is 37.3 Å². The highest BCUT2D eigenvalue weighted by Gasteiger charge is 2.18. The maximum Gasteiger partial charge on any atom is 0.0468 e. The minimum absolute atomic E-state index is 0.717. The molecule has 0 bridgehead atoms. The van der Waals surface area contributed by atoms with E-state index in [0.717, 1.165) is 25.2 Å². The van der Waals surface area contributed by atoms with Crippen LogP contribution in [-0.2, 0) is 4.74 Å². The van der Waals surface area contributed by atoms with Gasteiger partial charge in [0.2, 0.25) is 0 Å². The van der Waals surface area contributed by atoms with Crippen LogP contribution >= 0.6 is 11.8 Å². The fourth-order valence-corrected chi connectivity index (χ4v) is 3.31. The molecular weight excluding hydrogens is 230 g/mol. The molecule has 0 spiro atoms. The predicted molar refractivity (Wildman–Crippen MR) is 77.9 cm³/mol. The first-order chi connectivity index (χ1) is 8.36. The van der Waals surface area contributed by atoms with E-state index in [2.05, 4.69) is 30.9 Å². The molecule has 102 valence electrons. The van der Waals surface area contributed by atoms with Crippen LogP contribution in [0.2, 0.25) is 0 Å². The summed E-state index contributed by atoms with van der Waals surface area (Å²) in [7, 11) is 0. The number of nitrogens with one attached hydrogen (secondary N) is 1. The molecule has 1 rings (SSSR count). The molecule has 1 N–H and O–H groups in total. The largest absolute Gasteiger partial charge is 0.381 e. The summed E-state index contributed by atoms with van der Waals surface area (Å²) in [5.74, 6) is 3.48. The molecule has 17 heavy (non-hydrogen) atoms. The molecular formula is C14H29NOS. The van der Waals surface area contributed by atoms with Gasteiger partial charge in [-0.1, -0.05) is 13.8 Å². The van der Waals surface area contributed by atoms with Gasteiger partial charge in [0.1, 0.15) is 0 Å². The summed E-state index contributed by atoms with van der Waals surface area (Å²) in [6, 6.07) is 0.717. The van der Waals surface area contributed by atoms with Crippen LogP contribution in [0.1, 0.15) is 46.0 Å². The zero-order chi connectivity index (χ0) is 12.3. The predicted octanol–water partition coefficient (Wildman–Crippen LogP) is 3.31. The van der Waals surface area contributed by atoms with Crippen molar-refractivity contribution in [2.24, 2.45) is 5.92 Å². The molecule has 0 saturated carbocycles. The fraction of sp³-hybridized carbons (Fsp3) is 1.00. The summed E-state index contributed by atoms with van der Waals surface area (Å²) in [6.07, 6.45) is 6.41. The Morgan fingerprint density at radius 1 is 1.24 bits per heavy atom. The summed E-state index contributed by atoms with van der Waals surface area (Å²) in [6.45, 7) is 7.64. The summed E-state index contributed by atoms with van der Waals surface area (Å²) < 4.78 is 5.44. The second-order valence-corrected chi connectivity index (χ2v) is 6.17. The first kappa shape index (κ1) is 15.3. The minimum atomic E-state index is 0.717. The van der Waals surface area contributed by atoms with Crippen LogP contribution in [0, 0.1) is 5.92 Å². The topological polar surface area (TPSA) is 21.3 Å². The Morgan fingerprint density at radius 3 is 2.65 bits per heavy atom. The van der Waals surface area contributed by atoms with Crippen molar-refractivity contribution in [1.29, 1.82) is 0 Å². The molecule has 1 atom stereocenters. The molecule has 0 aromatic heterocycles. The molecule has 0 amide bonds. The summed E-state index contributed by atoms with van der Waals surface area (Å²) in [4.78, 5) is 0. The number of thioether (sulfide) groups is 1. The number of rotatable bonds is 9. The van der Waals surface area contributed by atoms with Crippen LogP contribution in [0.4, 0.5) is 0 Å². The third-order valence-electron chi connectivity index (χ3n) is 3.31. The molecule has 0 aliphatic carbocycles. The summed E-state index contributed by atoms with van der Waals surface area (Å²) in [5, 5.41) is 3.71. The Hall–Kier alpha value is 0.270. The second kappa shape index (κ2) is 10.2. The van der Waals surface area contributed by atoms with Crippen molar-refractivity contribution in [3.63, 3.8) is 0 Å². The lowest BCUT2D eigenvalue weighted by molar-refractivity contribution is 0.0613. The van der Waals surface area contributed by atoms with Gasteiger partial charge in [0, 0.05) is 25.0 Å². The lowest BCUT2D eigenvalue weighted by atomic mass is 9.93. The van der Waals surface area contributed by atoms with Gasteiger partial charge in [-0.3, -0.25) is 0 Å². The Balaban J connectivity index is 2.22. The van der Waals surface area contributed by atoms with Gasteiger partial charge >= 0.3 is 0 Å². The van der Waals surface area contributed by atoms with Gasteiger partial charge in [0.25, 0.3) is 0 Å². The third-order valence-corrected chi connectivity index (χ3v) is 4.64. The van der Waals surface area contributed by atoms with Gasteiger partial charge in [0.05, 0.1) is 0 Å². The Morgan fingerprint density at radius 2 is 2.00 bits per heavy atom. The van der Waals surface area contributed by atoms with Gasteiger partial charge in [-0.2, -0.15) is 11.8 Å². The van der Waals surface area contributed by atoms with E-state index < -0.39 is 0 Å². The molecule has 3 heteroatoms. The Bertz CT molecular complexity index is 172. The van der Waals surface area contributed by atoms with Crippen molar-refractivity contribution in [3.8, 4) is 0 Å². The highest BCUT2D eigenvalue weighted by molar-refractivity contribution is 7.99. The summed E-state index contributed by atoms with van der Waals surface area (Å²) >= 11 is 2.11. The quantitative estimate of drug-likeness (QED) is 0.642. The van der Waals surface area contributed by atoms with Crippen molar-refractivity contribution in [1.82, 2.24) is 5.32 Å². The van der Waals surface area contributed by atoms with Gasteiger partial charge in [-0.25, -0.2) is 0 Å². The van der Waals surface area contributed by atoms with Crippen molar-refractivity contribution < 1.29 is 4.74 Å². The van der Waals surface area contributed by atoms with E-state index in [9.17, 15) is 0 Å². The molecule has 1 fully saturated rings. The number of hydrogen-bond acceptors (Lipinski definition) is 3. The minimum Gasteiger partial charge on any atom is -0.381 e. The maximum absolute atomic E-state index is 5.44. The molecule has 1 unspecified atom stereocenters.